The third kappa shape index (κ3) is 4.08. The monoisotopic (exact) mass is 347 g/mol. The van der Waals surface area contributed by atoms with Gasteiger partial charge in [-0.05, 0) is 55.5 Å². The smallest absolute Gasteiger partial charge is 0.337 e. The molecule has 0 unspecified atom stereocenters. The molecule has 3 aromatic carbocycles. The van der Waals surface area contributed by atoms with Gasteiger partial charge in [-0.25, -0.2) is 4.79 Å². The number of carbonyl (C=O) groups is 2. The second kappa shape index (κ2) is 7.53. The quantitative estimate of drug-likeness (QED) is 0.699. The van der Waals surface area contributed by atoms with Crippen molar-refractivity contribution in [3.63, 3.8) is 0 Å². The van der Waals surface area contributed by atoms with Gasteiger partial charge in [-0.3, -0.25) is 4.79 Å². The van der Waals surface area contributed by atoms with E-state index >= 15 is 0 Å². The fourth-order valence-corrected chi connectivity index (χ4v) is 2.39. The van der Waals surface area contributed by atoms with Crippen molar-refractivity contribution in [1.29, 1.82) is 0 Å². The van der Waals surface area contributed by atoms with Crippen molar-refractivity contribution in [3.8, 4) is 11.5 Å². The summed E-state index contributed by atoms with van der Waals surface area (Å²) in [6, 6.07) is 20.6. The lowest BCUT2D eigenvalue weighted by Gasteiger charge is -2.09. The fraction of sp³-hybridized carbons (Fsp3) is 0.0476. The molecule has 0 spiro atoms. The van der Waals surface area contributed by atoms with Crippen LogP contribution in [0.15, 0.2) is 72.8 Å². The Morgan fingerprint density at radius 3 is 2.04 bits per heavy atom. The SMILES string of the molecule is Cc1ccc(Oc2ccc(C(=O)Nc3ccccc3C(=O)O)cc2)cc1. The molecule has 0 saturated carbocycles. The van der Waals surface area contributed by atoms with E-state index in [0.29, 0.717) is 17.1 Å². The predicted octanol–water partition coefficient (Wildman–Crippen LogP) is 4.74. The van der Waals surface area contributed by atoms with E-state index in [1.165, 1.54) is 6.07 Å². The molecule has 0 fully saturated rings. The number of amides is 1. The van der Waals surface area contributed by atoms with Crippen molar-refractivity contribution >= 4 is 17.6 Å². The second-order valence-electron chi connectivity index (χ2n) is 5.74. The largest absolute Gasteiger partial charge is 0.478 e. The summed E-state index contributed by atoms with van der Waals surface area (Å²) in [7, 11) is 0. The number of carbonyl (C=O) groups excluding carboxylic acids is 1. The Hall–Kier alpha value is -3.60. The maximum Gasteiger partial charge on any atom is 0.337 e. The first kappa shape index (κ1) is 17.2. The van der Waals surface area contributed by atoms with Gasteiger partial charge in [0.1, 0.15) is 11.5 Å². The average molecular weight is 347 g/mol. The summed E-state index contributed by atoms with van der Waals surface area (Å²) in [5.41, 5.74) is 1.85. The van der Waals surface area contributed by atoms with Crippen LogP contribution < -0.4 is 10.1 Å². The van der Waals surface area contributed by atoms with Crippen molar-refractivity contribution in [2.75, 3.05) is 5.32 Å². The Morgan fingerprint density at radius 2 is 1.42 bits per heavy atom. The number of aromatic carboxylic acids is 1. The van der Waals surface area contributed by atoms with Crippen LogP contribution in [0, 0.1) is 6.92 Å². The molecule has 1 amide bonds. The number of rotatable bonds is 5. The molecule has 0 saturated heterocycles. The molecule has 3 aromatic rings. The number of hydrogen-bond acceptors (Lipinski definition) is 3. The zero-order valence-corrected chi connectivity index (χ0v) is 14.1. The first-order chi connectivity index (χ1) is 12.5. The molecule has 3 rings (SSSR count). The fourth-order valence-electron chi connectivity index (χ4n) is 2.39. The van der Waals surface area contributed by atoms with Crippen molar-refractivity contribution in [2.45, 2.75) is 6.92 Å². The first-order valence-corrected chi connectivity index (χ1v) is 8.01. The third-order valence-electron chi connectivity index (χ3n) is 3.78. The number of hydrogen-bond donors (Lipinski definition) is 2. The number of carboxylic acid groups (broad SMARTS) is 1. The Kier molecular flexibility index (Phi) is 4.99. The summed E-state index contributed by atoms with van der Waals surface area (Å²) < 4.78 is 5.73. The van der Waals surface area contributed by atoms with Gasteiger partial charge in [-0.1, -0.05) is 29.8 Å². The molecular weight excluding hydrogens is 330 g/mol. The van der Waals surface area contributed by atoms with Crippen LogP contribution >= 0.6 is 0 Å². The van der Waals surface area contributed by atoms with Gasteiger partial charge in [0.05, 0.1) is 11.3 Å². The zero-order chi connectivity index (χ0) is 18.5. The van der Waals surface area contributed by atoms with Gasteiger partial charge in [0.25, 0.3) is 5.91 Å². The van der Waals surface area contributed by atoms with E-state index in [2.05, 4.69) is 5.32 Å². The van der Waals surface area contributed by atoms with E-state index < -0.39 is 5.97 Å². The predicted molar refractivity (Wildman–Crippen MR) is 99.0 cm³/mol. The maximum absolute atomic E-state index is 12.4. The van der Waals surface area contributed by atoms with E-state index in [-0.39, 0.29) is 17.2 Å². The molecule has 0 radical (unpaired) electrons. The van der Waals surface area contributed by atoms with Crippen LogP contribution in [0.25, 0.3) is 0 Å². The topological polar surface area (TPSA) is 75.6 Å². The van der Waals surface area contributed by atoms with E-state index in [1.54, 1.807) is 42.5 Å². The Morgan fingerprint density at radius 1 is 0.846 bits per heavy atom. The van der Waals surface area contributed by atoms with Gasteiger partial charge < -0.3 is 15.2 Å². The third-order valence-corrected chi connectivity index (χ3v) is 3.78. The highest BCUT2D eigenvalue weighted by molar-refractivity contribution is 6.07. The Bertz CT molecular complexity index is 931. The molecule has 0 atom stereocenters. The van der Waals surface area contributed by atoms with E-state index in [4.69, 9.17) is 4.74 Å². The molecule has 0 bridgehead atoms. The molecule has 26 heavy (non-hydrogen) atoms. The Balaban J connectivity index is 1.71. The van der Waals surface area contributed by atoms with E-state index in [1.807, 2.05) is 31.2 Å². The van der Waals surface area contributed by atoms with Crippen molar-refractivity contribution in [1.82, 2.24) is 0 Å². The van der Waals surface area contributed by atoms with E-state index in [9.17, 15) is 14.7 Å². The number of carboxylic acids is 1. The highest BCUT2D eigenvalue weighted by atomic mass is 16.5. The van der Waals surface area contributed by atoms with Crippen LogP contribution in [0.3, 0.4) is 0 Å². The first-order valence-electron chi connectivity index (χ1n) is 8.01. The lowest BCUT2D eigenvalue weighted by molar-refractivity contribution is 0.0698. The summed E-state index contributed by atoms with van der Waals surface area (Å²) in [4.78, 5) is 23.6. The number of anilines is 1. The minimum absolute atomic E-state index is 0.0418. The molecular formula is C21H17NO4. The average Bonchev–Trinajstić information content (AvgIpc) is 2.64. The highest BCUT2D eigenvalue weighted by Gasteiger charge is 2.13. The highest BCUT2D eigenvalue weighted by Crippen LogP contribution is 2.23. The molecule has 5 nitrogen and oxygen atoms in total. The van der Waals surface area contributed by atoms with Crippen LogP contribution in [0.5, 0.6) is 11.5 Å². The number of aryl methyl sites for hydroxylation is 1. The zero-order valence-electron chi connectivity index (χ0n) is 14.1. The maximum atomic E-state index is 12.4. The second-order valence-corrected chi connectivity index (χ2v) is 5.74. The van der Waals surface area contributed by atoms with Crippen LogP contribution in [0.1, 0.15) is 26.3 Å². The molecule has 0 aromatic heterocycles. The van der Waals surface area contributed by atoms with Gasteiger partial charge in [0, 0.05) is 5.56 Å². The summed E-state index contributed by atoms with van der Waals surface area (Å²) in [5.74, 6) is -0.164. The summed E-state index contributed by atoms with van der Waals surface area (Å²) in [5, 5.41) is 11.8. The van der Waals surface area contributed by atoms with Gasteiger partial charge in [0.15, 0.2) is 0 Å². The van der Waals surface area contributed by atoms with Gasteiger partial charge in [-0.2, -0.15) is 0 Å². The minimum atomic E-state index is -1.09. The van der Waals surface area contributed by atoms with Crippen molar-refractivity contribution in [2.24, 2.45) is 0 Å². The number of ether oxygens (including phenoxy) is 1. The molecule has 0 aliphatic carbocycles. The van der Waals surface area contributed by atoms with Crippen molar-refractivity contribution in [3.05, 3.63) is 89.5 Å². The van der Waals surface area contributed by atoms with E-state index in [0.717, 1.165) is 5.56 Å². The number of nitrogens with one attached hydrogen (secondary N) is 1. The number of benzene rings is 3. The normalized spacial score (nSPS) is 10.2. The van der Waals surface area contributed by atoms with Gasteiger partial charge >= 0.3 is 5.97 Å². The van der Waals surface area contributed by atoms with Crippen LogP contribution in [-0.4, -0.2) is 17.0 Å². The van der Waals surface area contributed by atoms with Crippen LogP contribution in [0.4, 0.5) is 5.69 Å². The lowest BCUT2D eigenvalue weighted by Crippen LogP contribution is -2.14. The summed E-state index contributed by atoms with van der Waals surface area (Å²) in [6.07, 6.45) is 0. The van der Waals surface area contributed by atoms with Crippen molar-refractivity contribution < 1.29 is 19.4 Å². The van der Waals surface area contributed by atoms with Crippen LogP contribution in [-0.2, 0) is 0 Å². The number of para-hydroxylation sites is 1. The van der Waals surface area contributed by atoms with Gasteiger partial charge in [-0.15, -0.1) is 0 Å². The standard InChI is InChI=1S/C21H17NO4/c1-14-6-10-16(11-7-14)26-17-12-8-15(9-13-17)20(23)22-19-5-3-2-4-18(19)21(24)25/h2-13H,1H3,(H,22,23)(H,24,25). The molecule has 0 heterocycles. The molecule has 0 aliphatic heterocycles. The minimum Gasteiger partial charge on any atom is -0.478 e. The molecule has 5 heteroatoms. The van der Waals surface area contributed by atoms with Gasteiger partial charge in [0.2, 0.25) is 0 Å². The molecule has 130 valence electrons. The van der Waals surface area contributed by atoms with Crippen LogP contribution in [0.2, 0.25) is 0 Å². The summed E-state index contributed by atoms with van der Waals surface area (Å²) >= 11 is 0. The Labute approximate surface area is 150 Å². The molecule has 0 aliphatic rings. The summed E-state index contributed by atoms with van der Waals surface area (Å²) in [6.45, 7) is 2.00. The molecule has 2 N–H and O–H groups in total. The lowest BCUT2D eigenvalue weighted by atomic mass is 10.1.